The average Bonchev–Trinajstić information content (AvgIpc) is 2.43. The monoisotopic (exact) mass is 279 g/mol. The molecule has 0 bridgehead atoms. The van der Waals surface area contributed by atoms with Crippen LogP contribution in [0.2, 0.25) is 0 Å². The maximum absolute atomic E-state index is 14.2. The van der Waals surface area contributed by atoms with Gasteiger partial charge >= 0.3 is 0 Å². The Morgan fingerprint density at radius 3 is 2.75 bits per heavy atom. The number of hydrogen-bond donors (Lipinski definition) is 1. The quantitative estimate of drug-likeness (QED) is 0.910. The van der Waals surface area contributed by atoms with Gasteiger partial charge in [0.05, 0.1) is 7.11 Å². The van der Waals surface area contributed by atoms with E-state index in [4.69, 9.17) is 10.5 Å². The minimum absolute atomic E-state index is 0.190. The molecule has 0 amide bonds. The highest BCUT2D eigenvalue weighted by Gasteiger charge is 2.30. The normalized spacial score (nSPS) is 26.8. The van der Waals surface area contributed by atoms with Crippen LogP contribution in [0, 0.1) is 23.6 Å². The van der Waals surface area contributed by atoms with Crippen LogP contribution in [0.5, 0.6) is 5.75 Å². The Kier molecular flexibility index (Phi) is 5.03. The minimum atomic E-state index is -0.228. The molecule has 0 heterocycles. The third-order valence-electron chi connectivity index (χ3n) is 4.77. The Labute approximate surface area is 121 Å². The first-order valence-corrected chi connectivity index (χ1v) is 7.59. The van der Waals surface area contributed by atoms with Gasteiger partial charge in [0.25, 0.3) is 0 Å². The molecule has 2 nitrogen and oxygen atoms in total. The topological polar surface area (TPSA) is 35.2 Å². The second-order valence-electron chi connectivity index (χ2n) is 6.38. The first-order chi connectivity index (χ1) is 9.52. The summed E-state index contributed by atoms with van der Waals surface area (Å²) in [7, 11) is 1.50. The summed E-state index contributed by atoms with van der Waals surface area (Å²) in [6.45, 7) is 4.54. The summed E-state index contributed by atoms with van der Waals surface area (Å²) >= 11 is 0. The van der Waals surface area contributed by atoms with E-state index in [1.165, 1.54) is 13.5 Å². The second-order valence-corrected chi connectivity index (χ2v) is 6.38. The van der Waals surface area contributed by atoms with Crippen molar-refractivity contribution in [1.82, 2.24) is 0 Å². The molecule has 0 aliphatic heterocycles. The van der Waals surface area contributed by atoms with Crippen LogP contribution in [0.25, 0.3) is 0 Å². The predicted octanol–water partition coefficient (Wildman–Crippen LogP) is 3.78. The fourth-order valence-electron chi connectivity index (χ4n) is 3.32. The molecule has 1 fully saturated rings. The Hall–Kier alpha value is -1.09. The van der Waals surface area contributed by atoms with Gasteiger partial charge in [0.1, 0.15) is 0 Å². The van der Waals surface area contributed by atoms with Crippen molar-refractivity contribution in [3.05, 3.63) is 29.6 Å². The molecular formula is C17H26FNO. The van der Waals surface area contributed by atoms with E-state index in [2.05, 4.69) is 13.8 Å². The highest BCUT2D eigenvalue weighted by Crippen LogP contribution is 2.35. The van der Waals surface area contributed by atoms with Gasteiger partial charge in [-0.05, 0) is 55.1 Å². The highest BCUT2D eigenvalue weighted by atomic mass is 19.1. The fourth-order valence-corrected chi connectivity index (χ4v) is 3.32. The van der Waals surface area contributed by atoms with E-state index >= 15 is 0 Å². The highest BCUT2D eigenvalue weighted by molar-refractivity contribution is 5.31. The lowest BCUT2D eigenvalue weighted by atomic mass is 9.72. The standard InChI is InChI=1S/C17H26FNO/c1-11(2)12-7-8-15(19)14(9-12)10-13-5-4-6-16(20-3)17(13)18/h4-6,11-12,14-15H,7-10,19H2,1-3H3. The summed E-state index contributed by atoms with van der Waals surface area (Å²) < 4.78 is 19.3. The number of hydrogen-bond acceptors (Lipinski definition) is 2. The van der Waals surface area contributed by atoms with Crippen molar-refractivity contribution < 1.29 is 9.13 Å². The summed E-state index contributed by atoms with van der Waals surface area (Å²) in [5, 5.41) is 0. The zero-order valence-corrected chi connectivity index (χ0v) is 12.7. The van der Waals surface area contributed by atoms with Crippen LogP contribution in [-0.2, 0) is 6.42 Å². The summed E-state index contributed by atoms with van der Waals surface area (Å²) in [4.78, 5) is 0. The van der Waals surface area contributed by atoms with E-state index in [-0.39, 0.29) is 11.9 Å². The first-order valence-electron chi connectivity index (χ1n) is 7.59. The minimum Gasteiger partial charge on any atom is -0.494 e. The van der Waals surface area contributed by atoms with Gasteiger partial charge in [0.15, 0.2) is 11.6 Å². The van der Waals surface area contributed by atoms with Crippen LogP contribution < -0.4 is 10.5 Å². The van der Waals surface area contributed by atoms with Crippen molar-refractivity contribution in [2.24, 2.45) is 23.5 Å². The van der Waals surface area contributed by atoms with Gasteiger partial charge in [0, 0.05) is 6.04 Å². The van der Waals surface area contributed by atoms with Gasteiger partial charge in [-0.3, -0.25) is 0 Å². The van der Waals surface area contributed by atoms with Crippen molar-refractivity contribution in [2.75, 3.05) is 7.11 Å². The van der Waals surface area contributed by atoms with Crippen LogP contribution in [0.15, 0.2) is 18.2 Å². The van der Waals surface area contributed by atoms with Crippen LogP contribution in [0.1, 0.15) is 38.7 Å². The van der Waals surface area contributed by atoms with Gasteiger partial charge in [-0.25, -0.2) is 4.39 Å². The smallest absolute Gasteiger partial charge is 0.168 e. The Morgan fingerprint density at radius 2 is 2.10 bits per heavy atom. The van der Waals surface area contributed by atoms with Crippen molar-refractivity contribution >= 4 is 0 Å². The summed E-state index contributed by atoms with van der Waals surface area (Å²) in [5.74, 6) is 1.87. The molecule has 3 heteroatoms. The molecule has 0 spiro atoms. The van der Waals surface area contributed by atoms with Gasteiger partial charge < -0.3 is 10.5 Å². The molecule has 0 aromatic heterocycles. The van der Waals surface area contributed by atoms with Gasteiger partial charge in [-0.2, -0.15) is 0 Å². The predicted molar refractivity (Wildman–Crippen MR) is 80.3 cm³/mol. The summed E-state index contributed by atoms with van der Waals surface area (Å²) in [5.41, 5.74) is 6.99. The van der Waals surface area contributed by atoms with Crippen LogP contribution in [-0.4, -0.2) is 13.2 Å². The summed E-state index contributed by atoms with van der Waals surface area (Å²) in [6, 6.07) is 5.56. The maximum atomic E-state index is 14.2. The Morgan fingerprint density at radius 1 is 1.35 bits per heavy atom. The van der Waals surface area contributed by atoms with Crippen molar-refractivity contribution in [1.29, 1.82) is 0 Å². The van der Waals surface area contributed by atoms with E-state index < -0.39 is 0 Å². The number of methoxy groups -OCH3 is 1. The number of ether oxygens (including phenoxy) is 1. The molecule has 1 aliphatic rings. The number of benzene rings is 1. The Bertz CT molecular complexity index is 447. The molecule has 1 aromatic carbocycles. The molecule has 3 unspecified atom stereocenters. The maximum Gasteiger partial charge on any atom is 0.168 e. The lowest BCUT2D eigenvalue weighted by Gasteiger charge is -2.36. The van der Waals surface area contributed by atoms with E-state index in [0.29, 0.717) is 29.9 Å². The molecule has 2 rings (SSSR count). The third-order valence-corrected chi connectivity index (χ3v) is 4.77. The SMILES string of the molecule is COc1cccc(CC2CC(C(C)C)CCC2N)c1F. The second kappa shape index (κ2) is 6.57. The molecule has 112 valence electrons. The summed E-state index contributed by atoms with van der Waals surface area (Å²) in [6.07, 6.45) is 4.08. The molecule has 0 saturated heterocycles. The van der Waals surface area contributed by atoms with Gasteiger partial charge in [0.2, 0.25) is 0 Å². The van der Waals surface area contributed by atoms with Gasteiger partial charge in [-0.1, -0.05) is 26.0 Å². The van der Waals surface area contributed by atoms with E-state index in [9.17, 15) is 4.39 Å². The van der Waals surface area contributed by atoms with Gasteiger partial charge in [-0.15, -0.1) is 0 Å². The molecular weight excluding hydrogens is 253 g/mol. The molecule has 2 N–H and O–H groups in total. The number of halogens is 1. The number of nitrogens with two attached hydrogens (primary N) is 1. The molecule has 0 radical (unpaired) electrons. The lowest BCUT2D eigenvalue weighted by Crippen LogP contribution is -2.38. The zero-order chi connectivity index (χ0) is 14.7. The third kappa shape index (κ3) is 3.32. The molecule has 1 saturated carbocycles. The van der Waals surface area contributed by atoms with Crippen LogP contribution >= 0.6 is 0 Å². The molecule has 3 atom stereocenters. The van der Waals surface area contributed by atoms with E-state index in [1.54, 1.807) is 6.07 Å². The molecule has 1 aliphatic carbocycles. The van der Waals surface area contributed by atoms with E-state index in [1.807, 2.05) is 12.1 Å². The van der Waals surface area contributed by atoms with Crippen LogP contribution in [0.3, 0.4) is 0 Å². The van der Waals surface area contributed by atoms with Crippen molar-refractivity contribution in [2.45, 2.75) is 45.6 Å². The van der Waals surface area contributed by atoms with Crippen molar-refractivity contribution in [3.63, 3.8) is 0 Å². The Balaban J connectivity index is 2.11. The van der Waals surface area contributed by atoms with Crippen molar-refractivity contribution in [3.8, 4) is 5.75 Å². The first kappa shape index (κ1) is 15.3. The zero-order valence-electron chi connectivity index (χ0n) is 12.7. The lowest BCUT2D eigenvalue weighted by molar-refractivity contribution is 0.188. The molecule has 1 aromatic rings. The van der Waals surface area contributed by atoms with E-state index in [0.717, 1.165) is 18.4 Å². The van der Waals surface area contributed by atoms with Crippen LogP contribution in [0.4, 0.5) is 4.39 Å². The fraction of sp³-hybridized carbons (Fsp3) is 0.647. The largest absolute Gasteiger partial charge is 0.494 e. The molecule has 20 heavy (non-hydrogen) atoms. The average molecular weight is 279 g/mol. The number of rotatable bonds is 4.